The molecule has 0 radical (unpaired) electrons. The number of benzene rings is 2. The van der Waals surface area contributed by atoms with E-state index in [9.17, 15) is 4.79 Å². The summed E-state index contributed by atoms with van der Waals surface area (Å²) >= 11 is 5.29. The van der Waals surface area contributed by atoms with Crippen molar-refractivity contribution in [2.45, 2.75) is 6.54 Å². The fourth-order valence-electron chi connectivity index (χ4n) is 2.08. The van der Waals surface area contributed by atoms with E-state index in [1.165, 1.54) is 7.11 Å². The summed E-state index contributed by atoms with van der Waals surface area (Å²) in [6.07, 6.45) is 0. The van der Waals surface area contributed by atoms with Gasteiger partial charge in [0.15, 0.2) is 5.11 Å². The van der Waals surface area contributed by atoms with Gasteiger partial charge < -0.3 is 20.3 Å². The van der Waals surface area contributed by atoms with Crippen LogP contribution >= 0.6 is 12.2 Å². The fraction of sp³-hybridized carbons (Fsp3) is 0.222. The van der Waals surface area contributed by atoms with E-state index in [2.05, 4.69) is 44.5 Å². The zero-order valence-electron chi connectivity index (χ0n) is 14.0. The second-order valence-corrected chi connectivity index (χ2v) is 5.85. The van der Waals surface area contributed by atoms with Gasteiger partial charge in [0.05, 0.1) is 12.7 Å². The van der Waals surface area contributed by atoms with E-state index in [1.54, 1.807) is 24.3 Å². The molecular formula is C18H21N3O2S. The van der Waals surface area contributed by atoms with Crippen LogP contribution in [0, 0.1) is 0 Å². The number of carbonyl (C=O) groups is 1. The zero-order valence-corrected chi connectivity index (χ0v) is 14.8. The summed E-state index contributed by atoms with van der Waals surface area (Å²) in [5.74, 6) is -0.358. The molecule has 0 amide bonds. The summed E-state index contributed by atoms with van der Waals surface area (Å²) < 4.78 is 4.67. The minimum atomic E-state index is -0.358. The molecule has 5 nitrogen and oxygen atoms in total. The molecule has 0 saturated carbocycles. The molecule has 24 heavy (non-hydrogen) atoms. The number of ether oxygens (including phenoxy) is 1. The summed E-state index contributed by atoms with van der Waals surface area (Å²) in [5, 5.41) is 6.77. The summed E-state index contributed by atoms with van der Waals surface area (Å²) in [6, 6.07) is 15.2. The first kappa shape index (κ1) is 17.7. The molecule has 2 aromatic carbocycles. The van der Waals surface area contributed by atoms with E-state index < -0.39 is 0 Å². The molecule has 0 spiro atoms. The lowest BCUT2D eigenvalue weighted by atomic mass is 10.2. The maximum absolute atomic E-state index is 11.4. The second kappa shape index (κ2) is 8.31. The van der Waals surface area contributed by atoms with Gasteiger partial charge in [-0.05, 0) is 54.2 Å². The molecule has 2 rings (SSSR count). The third-order valence-electron chi connectivity index (χ3n) is 3.47. The van der Waals surface area contributed by atoms with Crippen molar-refractivity contribution in [1.29, 1.82) is 0 Å². The van der Waals surface area contributed by atoms with Crippen molar-refractivity contribution in [3.63, 3.8) is 0 Å². The molecule has 0 unspecified atom stereocenters. The van der Waals surface area contributed by atoms with Gasteiger partial charge in [0.2, 0.25) is 0 Å². The molecule has 2 N–H and O–H groups in total. The summed E-state index contributed by atoms with van der Waals surface area (Å²) in [7, 11) is 5.38. The number of nitrogens with zero attached hydrogens (tertiary/aromatic N) is 1. The molecule has 0 aliphatic heterocycles. The predicted octanol–water partition coefficient (Wildman–Crippen LogP) is 3.03. The van der Waals surface area contributed by atoms with E-state index in [4.69, 9.17) is 12.2 Å². The maximum Gasteiger partial charge on any atom is 0.337 e. The predicted molar refractivity (Wildman–Crippen MR) is 102 cm³/mol. The minimum Gasteiger partial charge on any atom is -0.465 e. The van der Waals surface area contributed by atoms with Crippen LogP contribution < -0.4 is 15.5 Å². The van der Waals surface area contributed by atoms with Crippen LogP contribution in [0.25, 0.3) is 0 Å². The number of nitrogens with one attached hydrogen (secondary N) is 2. The largest absolute Gasteiger partial charge is 0.465 e. The topological polar surface area (TPSA) is 53.6 Å². The molecule has 0 aliphatic carbocycles. The van der Waals surface area contributed by atoms with Crippen LogP contribution in [0.4, 0.5) is 11.4 Å². The first-order valence-corrected chi connectivity index (χ1v) is 7.90. The number of hydrogen-bond acceptors (Lipinski definition) is 4. The number of carbonyl (C=O) groups excluding carboxylic acids is 1. The molecule has 2 aromatic rings. The van der Waals surface area contributed by atoms with Crippen molar-refractivity contribution < 1.29 is 9.53 Å². The lowest BCUT2D eigenvalue weighted by Gasteiger charge is -2.14. The second-order valence-electron chi connectivity index (χ2n) is 5.44. The maximum atomic E-state index is 11.4. The highest BCUT2D eigenvalue weighted by molar-refractivity contribution is 7.80. The normalized spacial score (nSPS) is 9.96. The van der Waals surface area contributed by atoms with Gasteiger partial charge in [-0.2, -0.15) is 0 Å². The first-order valence-electron chi connectivity index (χ1n) is 7.49. The van der Waals surface area contributed by atoms with Crippen molar-refractivity contribution in [1.82, 2.24) is 5.32 Å². The number of esters is 1. The zero-order chi connectivity index (χ0) is 17.5. The molecule has 0 saturated heterocycles. The highest BCUT2D eigenvalue weighted by atomic mass is 32.1. The van der Waals surface area contributed by atoms with Crippen molar-refractivity contribution >= 4 is 34.7 Å². The molecule has 0 heterocycles. The Kier molecular flexibility index (Phi) is 6.14. The van der Waals surface area contributed by atoms with Crippen molar-refractivity contribution in [2.75, 3.05) is 31.4 Å². The first-order chi connectivity index (χ1) is 11.5. The Hall–Kier alpha value is -2.60. The molecule has 6 heteroatoms. The number of methoxy groups -OCH3 is 1. The number of anilines is 2. The van der Waals surface area contributed by atoms with Crippen LogP contribution in [-0.4, -0.2) is 32.3 Å². The van der Waals surface area contributed by atoms with E-state index in [-0.39, 0.29) is 5.97 Å². The molecule has 0 fully saturated rings. The van der Waals surface area contributed by atoms with Crippen molar-refractivity contribution in [3.8, 4) is 0 Å². The third-order valence-corrected chi connectivity index (χ3v) is 3.72. The van der Waals surface area contributed by atoms with Crippen LogP contribution in [0.1, 0.15) is 15.9 Å². The Balaban J connectivity index is 1.85. The van der Waals surface area contributed by atoms with Crippen molar-refractivity contribution in [3.05, 3.63) is 59.7 Å². The average Bonchev–Trinajstić information content (AvgIpc) is 2.60. The Labute approximate surface area is 147 Å². The number of thiocarbonyl (C=S) groups is 1. The quantitative estimate of drug-likeness (QED) is 0.643. The third kappa shape index (κ3) is 4.96. The highest BCUT2D eigenvalue weighted by Gasteiger charge is 2.05. The van der Waals surface area contributed by atoms with Crippen LogP contribution in [0.3, 0.4) is 0 Å². The van der Waals surface area contributed by atoms with Gasteiger partial charge in [-0.3, -0.25) is 0 Å². The smallest absolute Gasteiger partial charge is 0.337 e. The molecule has 0 bridgehead atoms. The average molecular weight is 343 g/mol. The van der Waals surface area contributed by atoms with Gasteiger partial charge >= 0.3 is 5.97 Å². The monoisotopic (exact) mass is 343 g/mol. The van der Waals surface area contributed by atoms with Crippen molar-refractivity contribution in [2.24, 2.45) is 0 Å². The molecular weight excluding hydrogens is 322 g/mol. The standard InChI is InChI=1S/C18H21N3O2S/c1-21(2)16-10-4-13(5-11-16)12-19-18(24)20-15-8-6-14(7-9-15)17(22)23-3/h4-11H,12H2,1-3H3,(H2,19,20,24). The Morgan fingerprint density at radius 2 is 1.71 bits per heavy atom. The summed E-state index contributed by atoms with van der Waals surface area (Å²) in [4.78, 5) is 13.4. The van der Waals surface area contributed by atoms with Gasteiger partial charge in [-0.1, -0.05) is 12.1 Å². The van der Waals surface area contributed by atoms with Crippen LogP contribution in [0.15, 0.2) is 48.5 Å². The number of hydrogen-bond donors (Lipinski definition) is 2. The Morgan fingerprint density at radius 1 is 1.08 bits per heavy atom. The summed E-state index contributed by atoms with van der Waals surface area (Å²) in [5.41, 5.74) is 3.61. The highest BCUT2D eigenvalue weighted by Crippen LogP contribution is 2.13. The van der Waals surface area contributed by atoms with Gasteiger partial charge in [0, 0.05) is 32.0 Å². The lowest BCUT2D eigenvalue weighted by Crippen LogP contribution is -2.27. The Bertz CT molecular complexity index is 697. The van der Waals surface area contributed by atoms with E-state index >= 15 is 0 Å². The van der Waals surface area contributed by atoms with Crippen LogP contribution in [0.2, 0.25) is 0 Å². The van der Waals surface area contributed by atoms with E-state index in [0.717, 1.165) is 16.9 Å². The molecule has 126 valence electrons. The van der Waals surface area contributed by atoms with E-state index in [1.807, 2.05) is 14.1 Å². The van der Waals surface area contributed by atoms with Crippen LogP contribution in [0.5, 0.6) is 0 Å². The lowest BCUT2D eigenvalue weighted by molar-refractivity contribution is 0.0601. The van der Waals surface area contributed by atoms with E-state index in [0.29, 0.717) is 17.2 Å². The Morgan fingerprint density at radius 3 is 2.25 bits per heavy atom. The fourth-order valence-corrected chi connectivity index (χ4v) is 2.27. The van der Waals surface area contributed by atoms with Crippen LogP contribution in [-0.2, 0) is 11.3 Å². The SMILES string of the molecule is COC(=O)c1ccc(NC(=S)NCc2ccc(N(C)C)cc2)cc1. The van der Waals surface area contributed by atoms with Gasteiger partial charge in [-0.15, -0.1) is 0 Å². The summed E-state index contributed by atoms with van der Waals surface area (Å²) in [6.45, 7) is 0.639. The van der Waals surface area contributed by atoms with Gasteiger partial charge in [0.25, 0.3) is 0 Å². The van der Waals surface area contributed by atoms with Gasteiger partial charge in [0.1, 0.15) is 0 Å². The number of rotatable bonds is 5. The minimum absolute atomic E-state index is 0.358. The molecule has 0 atom stereocenters. The molecule has 0 aliphatic rings. The molecule has 0 aromatic heterocycles. The van der Waals surface area contributed by atoms with Gasteiger partial charge in [-0.25, -0.2) is 4.79 Å².